The minimum absolute atomic E-state index is 0.146. The van der Waals surface area contributed by atoms with Gasteiger partial charge in [0.15, 0.2) is 0 Å². The first-order valence-electron chi connectivity index (χ1n) is 10.1. The van der Waals surface area contributed by atoms with Gasteiger partial charge in [-0.15, -0.1) is 0 Å². The van der Waals surface area contributed by atoms with Crippen molar-refractivity contribution in [2.24, 2.45) is 5.73 Å². The van der Waals surface area contributed by atoms with E-state index in [1.807, 2.05) is 12.1 Å². The number of benzene rings is 2. The minimum atomic E-state index is -0.665. The highest BCUT2D eigenvalue weighted by Crippen LogP contribution is 2.28. The number of anilines is 1. The molecule has 1 aliphatic heterocycles. The summed E-state index contributed by atoms with van der Waals surface area (Å²) in [6.07, 6.45) is 2.71. The number of hydrogen-bond acceptors (Lipinski definition) is 4. The van der Waals surface area contributed by atoms with Crippen molar-refractivity contribution in [3.63, 3.8) is 0 Å². The second-order valence-electron chi connectivity index (χ2n) is 7.29. The molecule has 0 spiro atoms. The van der Waals surface area contributed by atoms with Crippen LogP contribution >= 0.6 is 11.6 Å². The number of rotatable bonds is 8. The summed E-state index contributed by atoms with van der Waals surface area (Å²) >= 11 is 5.97. The molecule has 3 rings (SSSR count). The van der Waals surface area contributed by atoms with Crippen molar-refractivity contribution in [1.82, 2.24) is 4.90 Å². The van der Waals surface area contributed by atoms with Crippen LogP contribution in [0.15, 0.2) is 42.5 Å². The molecular formula is C22H27ClFN3O3. The fourth-order valence-corrected chi connectivity index (χ4v) is 3.64. The van der Waals surface area contributed by atoms with E-state index in [1.165, 1.54) is 12.1 Å². The van der Waals surface area contributed by atoms with Crippen LogP contribution in [-0.2, 0) is 11.2 Å². The normalized spacial score (nSPS) is 17.3. The van der Waals surface area contributed by atoms with Gasteiger partial charge in [0.1, 0.15) is 11.6 Å². The number of hydrogen-bond donors (Lipinski definition) is 2. The molecule has 0 aliphatic carbocycles. The molecule has 2 aromatic rings. The molecule has 1 unspecified atom stereocenters. The van der Waals surface area contributed by atoms with Gasteiger partial charge < -0.3 is 25.4 Å². The number of nitrogens with zero attached hydrogens (tertiary/aromatic N) is 1. The Morgan fingerprint density at radius 3 is 2.83 bits per heavy atom. The highest BCUT2D eigenvalue weighted by Gasteiger charge is 2.18. The lowest BCUT2D eigenvalue weighted by Gasteiger charge is -2.19. The lowest BCUT2D eigenvalue weighted by molar-refractivity contribution is 0.0624. The Balaban J connectivity index is 1.40. The van der Waals surface area contributed by atoms with Crippen molar-refractivity contribution in [3.05, 3.63) is 58.9 Å². The Hall–Kier alpha value is -2.35. The van der Waals surface area contributed by atoms with Crippen LogP contribution in [0.5, 0.6) is 5.75 Å². The van der Waals surface area contributed by atoms with Gasteiger partial charge in [-0.25, -0.2) is 9.18 Å². The van der Waals surface area contributed by atoms with Crippen LogP contribution in [0.25, 0.3) is 0 Å². The van der Waals surface area contributed by atoms with Crippen LogP contribution < -0.4 is 15.8 Å². The monoisotopic (exact) mass is 435 g/mol. The second kappa shape index (κ2) is 11.2. The summed E-state index contributed by atoms with van der Waals surface area (Å²) in [5.41, 5.74) is 6.74. The first-order chi connectivity index (χ1) is 14.5. The Bertz CT molecular complexity index is 835. The molecule has 30 heavy (non-hydrogen) atoms. The molecule has 8 heteroatoms. The number of carbonyl (C=O) groups excluding carboxylic acids is 1. The summed E-state index contributed by atoms with van der Waals surface area (Å²) in [7, 11) is 0. The third-order valence-electron chi connectivity index (χ3n) is 4.98. The fraction of sp³-hybridized carbons (Fsp3) is 0.409. The quantitative estimate of drug-likeness (QED) is 0.613. The lowest BCUT2D eigenvalue weighted by Crippen LogP contribution is -2.28. The Labute approximate surface area is 181 Å². The second-order valence-corrected chi connectivity index (χ2v) is 7.72. The summed E-state index contributed by atoms with van der Waals surface area (Å²) in [5, 5.41) is 3.01. The van der Waals surface area contributed by atoms with Gasteiger partial charge >= 0.3 is 6.03 Å². The molecular weight excluding hydrogens is 409 g/mol. The van der Waals surface area contributed by atoms with E-state index in [4.69, 9.17) is 26.8 Å². The number of nitrogens with one attached hydrogen (secondary N) is 1. The van der Waals surface area contributed by atoms with E-state index in [-0.39, 0.29) is 11.9 Å². The average molecular weight is 436 g/mol. The molecule has 1 saturated heterocycles. The molecule has 1 atom stereocenters. The highest BCUT2D eigenvalue weighted by molar-refractivity contribution is 6.31. The summed E-state index contributed by atoms with van der Waals surface area (Å²) in [6.45, 7) is 3.89. The van der Waals surface area contributed by atoms with Gasteiger partial charge in [0.05, 0.1) is 25.0 Å². The molecule has 1 fully saturated rings. The predicted octanol–water partition coefficient (Wildman–Crippen LogP) is 4.07. The molecule has 0 bridgehead atoms. The van der Waals surface area contributed by atoms with Crippen molar-refractivity contribution < 1.29 is 18.7 Å². The average Bonchev–Trinajstić information content (AvgIpc) is 2.93. The highest BCUT2D eigenvalue weighted by atomic mass is 35.5. The van der Waals surface area contributed by atoms with Crippen LogP contribution in [0.1, 0.15) is 18.4 Å². The maximum atomic E-state index is 13.1. The molecule has 0 aromatic heterocycles. The SMILES string of the molecule is NC(=O)Nc1cc(Cl)ccc1OCCCN1CCOC(Cc2ccc(F)cc2)CC1. The zero-order valence-electron chi connectivity index (χ0n) is 16.8. The van der Waals surface area contributed by atoms with Crippen LogP contribution in [0, 0.1) is 5.82 Å². The first kappa shape index (κ1) is 22.3. The van der Waals surface area contributed by atoms with Crippen molar-refractivity contribution in [2.45, 2.75) is 25.4 Å². The van der Waals surface area contributed by atoms with Crippen LogP contribution in [-0.4, -0.2) is 49.9 Å². The maximum Gasteiger partial charge on any atom is 0.316 e. The summed E-state index contributed by atoms with van der Waals surface area (Å²) < 4.78 is 24.8. The van der Waals surface area contributed by atoms with Gasteiger partial charge in [-0.2, -0.15) is 0 Å². The Morgan fingerprint density at radius 2 is 2.07 bits per heavy atom. The van der Waals surface area contributed by atoms with Crippen molar-refractivity contribution in [3.8, 4) is 5.75 Å². The van der Waals surface area contributed by atoms with E-state index < -0.39 is 6.03 Å². The molecule has 0 radical (unpaired) electrons. The van der Waals surface area contributed by atoms with E-state index >= 15 is 0 Å². The molecule has 3 N–H and O–H groups in total. The number of urea groups is 1. The van der Waals surface area contributed by atoms with E-state index in [0.29, 0.717) is 29.7 Å². The van der Waals surface area contributed by atoms with Crippen LogP contribution in [0.3, 0.4) is 0 Å². The van der Waals surface area contributed by atoms with E-state index in [9.17, 15) is 9.18 Å². The fourth-order valence-electron chi connectivity index (χ4n) is 3.47. The van der Waals surface area contributed by atoms with Crippen LogP contribution in [0.4, 0.5) is 14.9 Å². The number of amides is 2. The zero-order valence-corrected chi connectivity index (χ0v) is 17.5. The van der Waals surface area contributed by atoms with Crippen molar-refractivity contribution >= 4 is 23.3 Å². The Kier molecular flexibility index (Phi) is 8.30. The summed E-state index contributed by atoms with van der Waals surface area (Å²) in [4.78, 5) is 13.5. The maximum absolute atomic E-state index is 13.1. The smallest absolute Gasteiger partial charge is 0.316 e. The van der Waals surface area contributed by atoms with Gasteiger partial charge in [0.25, 0.3) is 0 Å². The van der Waals surface area contributed by atoms with E-state index in [0.717, 1.165) is 44.5 Å². The number of halogens is 2. The minimum Gasteiger partial charge on any atom is -0.491 e. The lowest BCUT2D eigenvalue weighted by atomic mass is 10.1. The number of nitrogens with two attached hydrogens (primary N) is 1. The first-order valence-corrected chi connectivity index (χ1v) is 10.4. The number of carbonyl (C=O) groups is 1. The van der Waals surface area contributed by atoms with Gasteiger partial charge in [0, 0.05) is 24.7 Å². The van der Waals surface area contributed by atoms with E-state index in [1.54, 1.807) is 18.2 Å². The summed E-state index contributed by atoms with van der Waals surface area (Å²) in [6, 6.07) is 11.0. The standard InChI is InChI=1S/C22H27ClFN3O3/c23-17-4-7-21(20(15-17)26-22(25)28)30-12-1-9-27-10-8-19(29-13-11-27)14-16-2-5-18(24)6-3-16/h2-7,15,19H,1,8-14H2,(H3,25,26,28). The molecule has 0 saturated carbocycles. The molecule has 1 aliphatic rings. The van der Waals surface area contributed by atoms with E-state index in [2.05, 4.69) is 10.2 Å². The predicted molar refractivity (Wildman–Crippen MR) is 116 cm³/mol. The van der Waals surface area contributed by atoms with Crippen molar-refractivity contribution in [2.75, 3.05) is 38.2 Å². The molecule has 2 aromatic carbocycles. The van der Waals surface area contributed by atoms with Gasteiger partial charge in [-0.05, 0) is 55.2 Å². The largest absolute Gasteiger partial charge is 0.491 e. The third kappa shape index (κ3) is 7.16. The van der Waals surface area contributed by atoms with Gasteiger partial charge in [-0.3, -0.25) is 0 Å². The topological polar surface area (TPSA) is 76.8 Å². The third-order valence-corrected chi connectivity index (χ3v) is 5.22. The molecule has 2 amide bonds. The van der Waals surface area contributed by atoms with Crippen LogP contribution in [0.2, 0.25) is 5.02 Å². The van der Waals surface area contributed by atoms with Gasteiger partial charge in [0.2, 0.25) is 0 Å². The number of ether oxygens (including phenoxy) is 2. The molecule has 1 heterocycles. The van der Waals surface area contributed by atoms with Crippen molar-refractivity contribution in [1.29, 1.82) is 0 Å². The number of primary amides is 1. The molecule has 162 valence electrons. The summed E-state index contributed by atoms with van der Waals surface area (Å²) in [5.74, 6) is 0.321. The molecule has 6 nitrogen and oxygen atoms in total. The van der Waals surface area contributed by atoms with Gasteiger partial charge in [-0.1, -0.05) is 23.7 Å². The Morgan fingerprint density at radius 1 is 1.27 bits per heavy atom. The zero-order chi connectivity index (χ0) is 21.3.